The fourth-order valence-corrected chi connectivity index (χ4v) is 0. The molecular weight excluding hydrogens is 221 g/mol. The number of rotatable bonds is 0. The highest BCUT2D eigenvalue weighted by molar-refractivity contribution is 3.83. The average Bonchev–Trinajstić information content (AvgIpc) is 1.33. The number of hydrogen-bond acceptors (Lipinski definition) is 5. The summed E-state index contributed by atoms with van der Waals surface area (Å²) < 4.78 is 24.5. The first-order valence-corrected chi connectivity index (χ1v) is 3.59. The van der Waals surface area contributed by atoms with Crippen LogP contribution in [-0.4, -0.2) is 8.64 Å². The van der Waals surface area contributed by atoms with E-state index in [9.17, 15) is 0 Å². The Morgan fingerprint density at radius 1 is 1.57 bits per heavy atom. The van der Waals surface area contributed by atoms with Crippen LogP contribution in [0.15, 0.2) is 5.34 Å². The van der Waals surface area contributed by atoms with Crippen LogP contribution in [0.25, 0.3) is 0 Å². The molecule has 0 amide bonds. The van der Waals surface area contributed by atoms with Crippen LogP contribution in [0.5, 0.6) is 0 Å². The number of hydrogen-bond donors (Lipinski definition) is 2. The quantitative estimate of drug-likeness (QED) is 0.241. The highest BCUT2D eigenvalue weighted by Gasteiger charge is 1.89. The number of nitrogens with zero attached hydrogens (tertiary/aromatic N) is 1. The molecule has 0 aliphatic carbocycles. The van der Waals surface area contributed by atoms with E-state index in [1.165, 1.54) is 5.34 Å². The van der Waals surface area contributed by atoms with Gasteiger partial charge in [0.25, 0.3) is 0 Å². The van der Waals surface area contributed by atoms with Crippen molar-refractivity contribution in [2.24, 2.45) is 5.34 Å². The van der Waals surface area contributed by atoms with Crippen molar-refractivity contribution in [3.8, 4) is 0 Å². The molecule has 0 aromatic rings. The van der Waals surface area contributed by atoms with Crippen LogP contribution in [-0.2, 0) is 0 Å². The average molecular weight is 223 g/mol. The van der Waals surface area contributed by atoms with E-state index < -0.39 is 21.1 Å². The standard InChI is InChI=1S/HIO3.HNO2/c2-1(3)4;2-1-3/h2H;(H,2,3). The predicted octanol–water partition coefficient (Wildman–Crippen LogP) is -5.79. The smallest absolute Gasteiger partial charge is 0.396 e. The lowest BCUT2D eigenvalue weighted by Gasteiger charge is -1.67. The van der Waals surface area contributed by atoms with Crippen molar-refractivity contribution < 1.29 is 36.6 Å². The zero-order chi connectivity index (χ0) is 6.28. The van der Waals surface area contributed by atoms with Crippen LogP contribution in [0, 0.1) is 4.91 Å². The summed E-state index contributed by atoms with van der Waals surface area (Å²) in [6.07, 6.45) is 0. The summed E-state index contributed by atoms with van der Waals surface area (Å²) in [4.78, 5) is 8.11. The highest BCUT2D eigenvalue weighted by atomic mass is 127. The molecular formula is H2INO5. The van der Waals surface area contributed by atoms with Gasteiger partial charge in [0.15, 0.2) is 5.34 Å². The van der Waals surface area contributed by atoms with Gasteiger partial charge in [-0.3, -0.25) is 0 Å². The third-order valence-electron chi connectivity index (χ3n) is 0. The molecule has 7 heteroatoms. The Labute approximate surface area is 47.4 Å². The van der Waals surface area contributed by atoms with Gasteiger partial charge in [0.05, 0.1) is 0 Å². The van der Waals surface area contributed by atoms with E-state index >= 15 is 0 Å². The second kappa shape index (κ2) is 9.38. The minimum absolute atomic E-state index is 1.25. The fourth-order valence-electron chi connectivity index (χ4n) is 0. The third-order valence-corrected chi connectivity index (χ3v) is 0. The molecule has 0 aromatic heterocycles. The van der Waals surface area contributed by atoms with Crippen LogP contribution in [0.4, 0.5) is 0 Å². The topological polar surface area (TPSA) is 116 Å². The normalized spacial score (nSPS) is 6.86. The van der Waals surface area contributed by atoms with Gasteiger partial charge in [0.1, 0.15) is 0 Å². The molecule has 0 bridgehead atoms. The molecule has 0 atom stereocenters. The molecule has 0 spiro atoms. The maximum Gasteiger partial charge on any atom is 0.503 e. The molecule has 0 radical (unpaired) electrons. The molecule has 0 heterocycles. The monoisotopic (exact) mass is 223 g/mol. The van der Waals surface area contributed by atoms with Gasteiger partial charge in [-0.1, -0.05) is 0 Å². The van der Waals surface area contributed by atoms with E-state index in [0.717, 1.165) is 0 Å². The Hall–Kier alpha value is 0.01000. The molecule has 0 saturated carbocycles. The van der Waals surface area contributed by atoms with Gasteiger partial charge >= 0.3 is 21.1 Å². The Morgan fingerprint density at radius 3 is 1.57 bits per heavy atom. The summed E-state index contributed by atoms with van der Waals surface area (Å²) in [5.41, 5.74) is 0. The first kappa shape index (κ1) is 10.1. The summed E-state index contributed by atoms with van der Waals surface area (Å²) in [6, 6.07) is 0. The van der Waals surface area contributed by atoms with Crippen LogP contribution in [0.1, 0.15) is 0 Å². The van der Waals surface area contributed by atoms with Crippen molar-refractivity contribution in [3.05, 3.63) is 4.91 Å². The van der Waals surface area contributed by atoms with Gasteiger partial charge in [0, 0.05) is 0 Å². The third kappa shape index (κ3) is 966000. The summed E-state index contributed by atoms with van der Waals surface area (Å²) >= 11 is -3.76. The van der Waals surface area contributed by atoms with E-state index in [2.05, 4.69) is 0 Å². The molecule has 44 valence electrons. The molecule has 0 unspecified atom stereocenters. The fraction of sp³-hybridized carbons (Fsp3) is 0. The molecule has 7 heavy (non-hydrogen) atoms. The first-order valence-electron chi connectivity index (χ1n) is 0.860. The Morgan fingerprint density at radius 2 is 1.57 bits per heavy atom. The first-order chi connectivity index (χ1) is 3.15. The molecule has 0 aliphatic rings. The minimum atomic E-state index is -3.76. The summed E-state index contributed by atoms with van der Waals surface area (Å²) in [7, 11) is 0. The molecule has 0 fully saturated rings. The molecule has 0 saturated heterocycles. The van der Waals surface area contributed by atoms with Gasteiger partial charge < -0.3 is 12.1 Å². The maximum absolute atomic E-state index is 8.68. The van der Waals surface area contributed by atoms with Gasteiger partial charge in [-0.15, -0.1) is 4.91 Å². The lowest BCUT2D eigenvalue weighted by Crippen LogP contribution is -3.98. The molecule has 0 aromatic carbocycles. The number of halogens is 1. The Balaban J connectivity index is 0. The summed E-state index contributed by atoms with van der Waals surface area (Å²) in [6.45, 7) is 0. The van der Waals surface area contributed by atoms with Crippen LogP contribution in [0.3, 0.4) is 0 Å². The van der Waals surface area contributed by atoms with Gasteiger partial charge in [-0.25, -0.2) is 0 Å². The van der Waals surface area contributed by atoms with E-state index in [-0.39, 0.29) is 0 Å². The summed E-state index contributed by atoms with van der Waals surface area (Å²) in [5.74, 6) is 0. The van der Waals surface area contributed by atoms with Gasteiger partial charge in [-0.05, 0) is 3.44 Å². The van der Waals surface area contributed by atoms with E-state index in [4.69, 9.17) is 20.4 Å². The lowest BCUT2D eigenvalue weighted by molar-refractivity contribution is -1.63. The Bertz CT molecular complexity index is 32.3. The maximum atomic E-state index is 8.68. The van der Waals surface area contributed by atoms with E-state index in [1.54, 1.807) is 0 Å². The van der Waals surface area contributed by atoms with Crippen molar-refractivity contribution in [2.75, 3.05) is 0 Å². The second-order valence-electron chi connectivity index (χ2n) is 0.283. The predicted molar refractivity (Wildman–Crippen MR) is 9.80 cm³/mol. The van der Waals surface area contributed by atoms with Gasteiger partial charge in [0.2, 0.25) is 0 Å². The van der Waals surface area contributed by atoms with Crippen LogP contribution >= 0.6 is 0 Å². The summed E-state index contributed by atoms with van der Waals surface area (Å²) in [5, 5.41) is 7.89. The van der Waals surface area contributed by atoms with E-state index in [1.807, 2.05) is 0 Å². The molecule has 2 N–H and O–H groups in total. The second-order valence-corrected chi connectivity index (χ2v) is 1.43. The van der Waals surface area contributed by atoms with Gasteiger partial charge in [-0.2, -0.15) is 0 Å². The van der Waals surface area contributed by atoms with Crippen LogP contribution in [0.2, 0.25) is 0 Å². The van der Waals surface area contributed by atoms with Crippen molar-refractivity contribution in [1.82, 2.24) is 0 Å². The minimum Gasteiger partial charge on any atom is -0.396 e. The molecule has 0 aliphatic heterocycles. The highest BCUT2D eigenvalue weighted by Crippen LogP contribution is 1.25. The van der Waals surface area contributed by atoms with E-state index in [0.29, 0.717) is 0 Å². The lowest BCUT2D eigenvalue weighted by atomic mass is 13.4. The zero-order valence-electron chi connectivity index (χ0n) is 2.94. The largest absolute Gasteiger partial charge is 0.503 e. The Kier molecular flexibility index (Phi) is 13.5. The van der Waals surface area contributed by atoms with Crippen molar-refractivity contribution >= 4 is 0 Å². The van der Waals surface area contributed by atoms with Crippen molar-refractivity contribution in [1.29, 1.82) is 0 Å². The molecule has 6 nitrogen and oxygen atoms in total. The molecule has 0 rings (SSSR count). The van der Waals surface area contributed by atoms with Crippen LogP contribution < -0.4 is 27.9 Å². The van der Waals surface area contributed by atoms with Crippen molar-refractivity contribution in [2.45, 2.75) is 0 Å². The SMILES string of the molecule is O=NO.[O-][I+2]([O-])O. The zero-order valence-corrected chi connectivity index (χ0v) is 5.10. The van der Waals surface area contributed by atoms with Crippen molar-refractivity contribution in [3.63, 3.8) is 0 Å².